The predicted molar refractivity (Wildman–Crippen MR) is 95.1 cm³/mol. The van der Waals surface area contributed by atoms with Gasteiger partial charge in [-0.25, -0.2) is 0 Å². The molecule has 2 rings (SSSR count). The van der Waals surface area contributed by atoms with E-state index >= 15 is 0 Å². The average molecular weight is 339 g/mol. The minimum atomic E-state index is 0.555. The molecular formula is C16H27N4O2S+. The molecule has 0 aliphatic carbocycles. The third kappa shape index (κ3) is 5.93. The number of nitrogens with one attached hydrogen (secondary N) is 3. The number of aryl methyl sites for hydroxylation is 2. The summed E-state index contributed by atoms with van der Waals surface area (Å²) in [7, 11) is 0. The molecule has 0 saturated carbocycles. The highest BCUT2D eigenvalue weighted by Gasteiger charge is 2.12. The third-order valence-electron chi connectivity index (χ3n) is 3.95. The van der Waals surface area contributed by atoms with Crippen molar-refractivity contribution in [3.05, 3.63) is 23.2 Å². The number of hydrazone groups is 1. The van der Waals surface area contributed by atoms with Crippen LogP contribution in [0, 0.1) is 13.8 Å². The van der Waals surface area contributed by atoms with Crippen molar-refractivity contribution in [2.24, 2.45) is 5.10 Å². The molecule has 1 aromatic rings. The van der Waals surface area contributed by atoms with Gasteiger partial charge in [-0.05, 0) is 39.1 Å². The molecule has 0 bridgehead atoms. The summed E-state index contributed by atoms with van der Waals surface area (Å²) in [5.74, 6) is 1.76. The van der Waals surface area contributed by atoms with Gasteiger partial charge in [0.15, 0.2) is 5.11 Å². The van der Waals surface area contributed by atoms with E-state index in [1.54, 1.807) is 4.90 Å². The lowest BCUT2D eigenvalue weighted by molar-refractivity contribution is -0.908. The fourth-order valence-corrected chi connectivity index (χ4v) is 2.82. The second-order valence-corrected chi connectivity index (χ2v) is 6.27. The first-order valence-electron chi connectivity index (χ1n) is 8.13. The maximum Gasteiger partial charge on any atom is 0.186 e. The van der Waals surface area contributed by atoms with Crippen molar-refractivity contribution in [3.63, 3.8) is 0 Å². The Morgan fingerprint density at radius 3 is 2.74 bits per heavy atom. The molecule has 0 radical (unpaired) electrons. The topological polar surface area (TPSA) is 63.2 Å². The number of ether oxygens (including phenoxy) is 1. The van der Waals surface area contributed by atoms with Gasteiger partial charge >= 0.3 is 0 Å². The SMILES string of the molecule is C/C(=N/NC(=S)NCCC[NH+]1CCOCC1)c1cc(C)oc1C. The van der Waals surface area contributed by atoms with E-state index in [-0.39, 0.29) is 0 Å². The summed E-state index contributed by atoms with van der Waals surface area (Å²) in [6, 6.07) is 1.98. The number of quaternary nitrogens is 1. The maximum absolute atomic E-state index is 5.51. The molecule has 7 heteroatoms. The van der Waals surface area contributed by atoms with Crippen LogP contribution < -0.4 is 15.6 Å². The highest BCUT2D eigenvalue weighted by atomic mass is 32.1. The van der Waals surface area contributed by atoms with Crippen molar-refractivity contribution >= 4 is 23.0 Å². The minimum Gasteiger partial charge on any atom is -0.466 e. The molecule has 23 heavy (non-hydrogen) atoms. The fraction of sp³-hybridized carbons (Fsp3) is 0.625. The number of hydrogen-bond acceptors (Lipinski definition) is 4. The molecule has 0 unspecified atom stereocenters. The lowest BCUT2D eigenvalue weighted by atomic mass is 10.2. The van der Waals surface area contributed by atoms with Crippen LogP contribution in [0.4, 0.5) is 0 Å². The predicted octanol–water partition coefficient (Wildman–Crippen LogP) is 0.390. The molecule has 0 atom stereocenters. The zero-order valence-corrected chi connectivity index (χ0v) is 15.0. The van der Waals surface area contributed by atoms with E-state index in [1.165, 1.54) is 0 Å². The van der Waals surface area contributed by atoms with Gasteiger partial charge < -0.3 is 19.4 Å². The summed E-state index contributed by atoms with van der Waals surface area (Å²) < 4.78 is 10.9. The highest BCUT2D eigenvalue weighted by Crippen LogP contribution is 2.14. The van der Waals surface area contributed by atoms with E-state index in [0.717, 1.165) is 68.6 Å². The Labute approximate surface area is 143 Å². The Balaban J connectivity index is 1.66. The fourth-order valence-electron chi connectivity index (χ4n) is 2.67. The van der Waals surface area contributed by atoms with E-state index in [1.807, 2.05) is 26.8 Å². The van der Waals surface area contributed by atoms with Crippen LogP contribution in [-0.4, -0.2) is 50.2 Å². The molecule has 1 aliphatic rings. The second kappa shape index (κ2) is 9.00. The summed E-state index contributed by atoms with van der Waals surface area (Å²) in [4.78, 5) is 1.61. The van der Waals surface area contributed by atoms with Crippen LogP contribution in [0.3, 0.4) is 0 Å². The number of rotatable bonds is 6. The van der Waals surface area contributed by atoms with E-state index in [4.69, 9.17) is 21.4 Å². The number of nitrogens with zero attached hydrogens (tertiary/aromatic N) is 1. The van der Waals surface area contributed by atoms with Gasteiger partial charge in [-0.3, -0.25) is 5.43 Å². The van der Waals surface area contributed by atoms with Crippen LogP contribution in [0.25, 0.3) is 0 Å². The van der Waals surface area contributed by atoms with Gasteiger partial charge in [0.1, 0.15) is 24.6 Å². The largest absolute Gasteiger partial charge is 0.466 e. The van der Waals surface area contributed by atoms with Gasteiger partial charge in [0.25, 0.3) is 0 Å². The van der Waals surface area contributed by atoms with Gasteiger partial charge in [-0.2, -0.15) is 5.10 Å². The average Bonchev–Trinajstić information content (AvgIpc) is 2.89. The maximum atomic E-state index is 5.51. The summed E-state index contributed by atoms with van der Waals surface area (Å²) in [5.41, 5.74) is 4.77. The first-order chi connectivity index (χ1) is 11.1. The van der Waals surface area contributed by atoms with Crippen LogP contribution in [0.15, 0.2) is 15.6 Å². The molecular weight excluding hydrogens is 312 g/mol. The normalized spacial score (nSPS) is 16.4. The van der Waals surface area contributed by atoms with Crippen molar-refractivity contribution in [2.45, 2.75) is 27.2 Å². The monoisotopic (exact) mass is 339 g/mol. The zero-order chi connectivity index (χ0) is 16.7. The van der Waals surface area contributed by atoms with Crippen LogP contribution in [0.2, 0.25) is 0 Å². The number of furan rings is 1. The van der Waals surface area contributed by atoms with Crippen LogP contribution in [0.1, 0.15) is 30.4 Å². The number of thiocarbonyl (C=S) groups is 1. The van der Waals surface area contributed by atoms with Crippen molar-refractivity contribution in [1.29, 1.82) is 0 Å². The van der Waals surface area contributed by atoms with Crippen LogP contribution in [-0.2, 0) is 4.74 Å². The van der Waals surface area contributed by atoms with E-state index < -0.39 is 0 Å². The van der Waals surface area contributed by atoms with Crippen molar-refractivity contribution in [3.8, 4) is 0 Å². The molecule has 0 aromatic carbocycles. The van der Waals surface area contributed by atoms with Gasteiger partial charge in [-0.15, -0.1) is 0 Å². The van der Waals surface area contributed by atoms with E-state index in [0.29, 0.717) is 5.11 Å². The number of morpholine rings is 1. The molecule has 1 aromatic heterocycles. The molecule has 3 N–H and O–H groups in total. The summed E-state index contributed by atoms with van der Waals surface area (Å²) in [5, 5.41) is 8.07. The molecule has 1 saturated heterocycles. The van der Waals surface area contributed by atoms with E-state index in [2.05, 4.69) is 15.8 Å². The lowest BCUT2D eigenvalue weighted by Crippen LogP contribution is -3.14. The van der Waals surface area contributed by atoms with Gasteiger partial charge in [0, 0.05) is 18.5 Å². The highest BCUT2D eigenvalue weighted by molar-refractivity contribution is 7.80. The molecule has 6 nitrogen and oxygen atoms in total. The molecule has 2 heterocycles. The number of hydrogen-bond donors (Lipinski definition) is 3. The third-order valence-corrected chi connectivity index (χ3v) is 4.18. The lowest BCUT2D eigenvalue weighted by Gasteiger charge is -2.23. The zero-order valence-electron chi connectivity index (χ0n) is 14.2. The molecule has 1 aliphatic heterocycles. The smallest absolute Gasteiger partial charge is 0.186 e. The molecule has 0 spiro atoms. The Morgan fingerprint density at radius 1 is 1.35 bits per heavy atom. The quantitative estimate of drug-likeness (QED) is 0.303. The van der Waals surface area contributed by atoms with Gasteiger partial charge in [0.2, 0.25) is 0 Å². The van der Waals surface area contributed by atoms with Crippen LogP contribution in [0.5, 0.6) is 0 Å². The van der Waals surface area contributed by atoms with Gasteiger partial charge in [0.05, 0.1) is 25.5 Å². The first-order valence-corrected chi connectivity index (χ1v) is 8.54. The summed E-state index contributed by atoms with van der Waals surface area (Å²) in [6.07, 6.45) is 1.08. The molecule has 0 amide bonds. The Kier molecular flexibility index (Phi) is 7.01. The minimum absolute atomic E-state index is 0.555. The Bertz CT molecular complexity index is 550. The molecule has 128 valence electrons. The summed E-state index contributed by atoms with van der Waals surface area (Å²) >= 11 is 5.25. The van der Waals surface area contributed by atoms with E-state index in [9.17, 15) is 0 Å². The second-order valence-electron chi connectivity index (χ2n) is 5.86. The van der Waals surface area contributed by atoms with Crippen molar-refractivity contribution in [1.82, 2.24) is 10.7 Å². The van der Waals surface area contributed by atoms with Crippen molar-refractivity contribution < 1.29 is 14.1 Å². The first kappa shape index (κ1) is 17.9. The van der Waals surface area contributed by atoms with Gasteiger partial charge in [-0.1, -0.05) is 0 Å². The Morgan fingerprint density at radius 2 is 2.09 bits per heavy atom. The Hall–Kier alpha value is -1.44. The van der Waals surface area contributed by atoms with Crippen LogP contribution >= 0.6 is 12.2 Å². The standard InChI is InChI=1S/C16H26N4O2S/c1-12-11-15(14(3)22-12)13(2)18-19-16(23)17-5-4-6-20-7-9-21-10-8-20/h11H,4-10H2,1-3H3,(H2,17,19,23)/p+1/b18-13-. The summed E-state index contributed by atoms with van der Waals surface area (Å²) in [6.45, 7) is 11.8. The molecule has 1 fully saturated rings. The van der Waals surface area contributed by atoms with Crippen molar-refractivity contribution in [2.75, 3.05) is 39.4 Å².